The highest BCUT2D eigenvalue weighted by Crippen LogP contribution is 2.33. The summed E-state index contributed by atoms with van der Waals surface area (Å²) < 4.78 is 58.2. The molecule has 1 heterocycles. The van der Waals surface area contributed by atoms with Gasteiger partial charge >= 0.3 is 6.18 Å². The lowest BCUT2D eigenvalue weighted by Gasteiger charge is -2.37. The SMILES string of the molecule is CCOCC(=O)N[C@H]1CC[C@H](CCN2CCN(c3cc(C(F)(F)F)ccc3F)CC2)CC1. The number of carbonyl (C=O) groups is 1. The number of halogens is 4. The molecule has 0 radical (unpaired) electrons. The van der Waals surface area contributed by atoms with E-state index in [9.17, 15) is 22.4 Å². The summed E-state index contributed by atoms with van der Waals surface area (Å²) >= 11 is 0. The van der Waals surface area contributed by atoms with E-state index in [1.807, 2.05) is 6.92 Å². The predicted molar refractivity (Wildman–Crippen MR) is 115 cm³/mol. The third-order valence-electron chi connectivity index (χ3n) is 6.49. The van der Waals surface area contributed by atoms with Crippen LogP contribution in [0.5, 0.6) is 0 Å². The Hall–Kier alpha value is -1.87. The van der Waals surface area contributed by atoms with Crippen LogP contribution in [0.3, 0.4) is 0 Å². The molecule has 0 bridgehead atoms. The van der Waals surface area contributed by atoms with Crippen LogP contribution in [0.1, 0.15) is 44.6 Å². The Bertz CT molecular complexity index is 743. The highest BCUT2D eigenvalue weighted by atomic mass is 19.4. The van der Waals surface area contributed by atoms with Gasteiger partial charge in [-0.1, -0.05) is 0 Å². The lowest BCUT2D eigenvalue weighted by atomic mass is 9.84. The molecular weight excluding hydrogens is 426 g/mol. The number of carbonyl (C=O) groups excluding carboxylic acids is 1. The van der Waals surface area contributed by atoms with Crippen molar-refractivity contribution >= 4 is 11.6 Å². The van der Waals surface area contributed by atoms with Crippen molar-refractivity contribution in [2.24, 2.45) is 5.92 Å². The number of piperazine rings is 1. The first-order valence-electron chi connectivity index (χ1n) is 11.5. The molecule has 1 saturated heterocycles. The quantitative estimate of drug-likeness (QED) is 0.596. The third-order valence-corrected chi connectivity index (χ3v) is 6.49. The van der Waals surface area contributed by atoms with Gasteiger partial charge < -0.3 is 15.0 Å². The fraction of sp³-hybridized carbons (Fsp3) is 0.696. The normalized spacial score (nSPS) is 22.7. The molecule has 1 aliphatic carbocycles. The number of hydrogen-bond donors (Lipinski definition) is 1. The molecular formula is C23H33F4N3O2. The molecule has 2 fully saturated rings. The summed E-state index contributed by atoms with van der Waals surface area (Å²) in [6.45, 7) is 5.88. The van der Waals surface area contributed by atoms with E-state index in [1.54, 1.807) is 4.90 Å². The Morgan fingerprint density at radius 2 is 1.81 bits per heavy atom. The van der Waals surface area contributed by atoms with E-state index in [-0.39, 0.29) is 24.2 Å². The highest BCUT2D eigenvalue weighted by molar-refractivity contribution is 5.77. The summed E-state index contributed by atoms with van der Waals surface area (Å²) in [6.07, 6.45) is 0.702. The summed E-state index contributed by atoms with van der Waals surface area (Å²) in [7, 11) is 0. The number of benzene rings is 1. The Morgan fingerprint density at radius 3 is 2.44 bits per heavy atom. The highest BCUT2D eigenvalue weighted by Gasteiger charge is 2.32. The number of anilines is 1. The number of nitrogens with one attached hydrogen (secondary N) is 1. The van der Waals surface area contributed by atoms with Gasteiger partial charge in [-0.15, -0.1) is 0 Å². The maximum absolute atomic E-state index is 14.1. The zero-order valence-corrected chi connectivity index (χ0v) is 18.6. The number of hydrogen-bond acceptors (Lipinski definition) is 4. The molecule has 5 nitrogen and oxygen atoms in total. The topological polar surface area (TPSA) is 44.8 Å². The standard InChI is InChI=1S/C23H33F4N3O2/c1-2-32-16-22(31)28-19-6-3-17(4-7-19)9-10-29-11-13-30(14-12-29)21-15-18(23(25,26)27)5-8-20(21)24/h5,8,15,17,19H,2-4,6-7,9-14,16H2,1H3,(H,28,31)/t17-,19-. The minimum atomic E-state index is -4.48. The van der Waals surface area contributed by atoms with Crippen molar-refractivity contribution in [1.82, 2.24) is 10.2 Å². The van der Waals surface area contributed by atoms with E-state index < -0.39 is 17.6 Å². The van der Waals surface area contributed by atoms with Gasteiger partial charge in [0, 0.05) is 38.8 Å². The van der Waals surface area contributed by atoms with E-state index in [2.05, 4.69) is 10.2 Å². The molecule has 0 unspecified atom stereocenters. The smallest absolute Gasteiger partial charge is 0.372 e. The van der Waals surface area contributed by atoms with Gasteiger partial charge in [-0.25, -0.2) is 4.39 Å². The van der Waals surface area contributed by atoms with Gasteiger partial charge in [0.1, 0.15) is 12.4 Å². The molecule has 9 heteroatoms. The van der Waals surface area contributed by atoms with Crippen LogP contribution in [-0.4, -0.2) is 62.8 Å². The minimum Gasteiger partial charge on any atom is -0.372 e. The van der Waals surface area contributed by atoms with Crippen molar-refractivity contribution in [2.75, 3.05) is 50.8 Å². The van der Waals surface area contributed by atoms with Gasteiger partial charge in [0.2, 0.25) is 5.91 Å². The van der Waals surface area contributed by atoms with Crippen molar-refractivity contribution in [3.63, 3.8) is 0 Å². The van der Waals surface area contributed by atoms with Crippen molar-refractivity contribution in [3.05, 3.63) is 29.6 Å². The van der Waals surface area contributed by atoms with Crippen LogP contribution in [0.4, 0.5) is 23.2 Å². The van der Waals surface area contributed by atoms with E-state index in [4.69, 9.17) is 4.74 Å². The van der Waals surface area contributed by atoms with Gasteiger partial charge in [0.15, 0.2) is 0 Å². The van der Waals surface area contributed by atoms with Crippen molar-refractivity contribution in [2.45, 2.75) is 51.2 Å². The van der Waals surface area contributed by atoms with Crippen LogP contribution in [0.25, 0.3) is 0 Å². The van der Waals surface area contributed by atoms with Crippen LogP contribution in [0, 0.1) is 11.7 Å². The average Bonchev–Trinajstić information content (AvgIpc) is 2.77. The fourth-order valence-electron chi connectivity index (χ4n) is 4.57. The summed E-state index contributed by atoms with van der Waals surface area (Å²) in [5.74, 6) is -0.0454. The first-order chi connectivity index (χ1) is 15.3. The van der Waals surface area contributed by atoms with Crippen LogP contribution in [-0.2, 0) is 15.7 Å². The number of nitrogens with zero attached hydrogens (tertiary/aromatic N) is 2. The van der Waals surface area contributed by atoms with Crippen molar-refractivity contribution in [1.29, 1.82) is 0 Å². The number of rotatable bonds is 8. The van der Waals surface area contributed by atoms with Gasteiger partial charge in [0.25, 0.3) is 0 Å². The van der Waals surface area contributed by atoms with Crippen molar-refractivity contribution in [3.8, 4) is 0 Å². The molecule has 1 aliphatic heterocycles. The molecule has 2 aliphatic rings. The zero-order valence-electron chi connectivity index (χ0n) is 18.6. The average molecular weight is 460 g/mol. The number of alkyl halides is 3. The fourth-order valence-corrected chi connectivity index (χ4v) is 4.57. The Labute approximate surface area is 187 Å². The van der Waals surface area contributed by atoms with E-state index in [0.29, 0.717) is 38.7 Å². The molecule has 0 spiro atoms. The molecule has 32 heavy (non-hydrogen) atoms. The largest absolute Gasteiger partial charge is 0.416 e. The van der Waals surface area contributed by atoms with Gasteiger partial charge in [0.05, 0.1) is 11.3 Å². The summed E-state index contributed by atoms with van der Waals surface area (Å²) in [5, 5.41) is 3.04. The Morgan fingerprint density at radius 1 is 1.12 bits per heavy atom. The number of ether oxygens (including phenoxy) is 1. The molecule has 3 rings (SSSR count). The molecule has 180 valence electrons. The first kappa shape index (κ1) is 24.8. The lowest BCUT2D eigenvalue weighted by Crippen LogP contribution is -2.47. The second kappa shape index (κ2) is 11.3. The monoisotopic (exact) mass is 459 g/mol. The molecule has 1 aromatic rings. The summed E-state index contributed by atoms with van der Waals surface area (Å²) in [5.41, 5.74) is -0.787. The van der Waals surface area contributed by atoms with E-state index in [0.717, 1.165) is 56.8 Å². The summed E-state index contributed by atoms with van der Waals surface area (Å²) in [6, 6.07) is 2.83. The first-order valence-corrected chi connectivity index (χ1v) is 11.5. The second-order valence-corrected chi connectivity index (χ2v) is 8.70. The molecule has 1 saturated carbocycles. The van der Waals surface area contributed by atoms with Gasteiger partial charge in [-0.05, 0) is 69.7 Å². The third kappa shape index (κ3) is 7.07. The maximum Gasteiger partial charge on any atom is 0.416 e. The van der Waals surface area contributed by atoms with Crippen LogP contribution >= 0.6 is 0 Å². The molecule has 0 aromatic heterocycles. The Balaban J connectivity index is 1.38. The molecule has 0 atom stereocenters. The molecule has 1 amide bonds. The molecule has 1 N–H and O–H groups in total. The maximum atomic E-state index is 14.1. The van der Waals surface area contributed by atoms with Gasteiger partial charge in [-0.2, -0.15) is 13.2 Å². The lowest BCUT2D eigenvalue weighted by molar-refractivity contribution is -0.137. The summed E-state index contributed by atoms with van der Waals surface area (Å²) in [4.78, 5) is 15.8. The Kier molecular flexibility index (Phi) is 8.76. The van der Waals surface area contributed by atoms with Crippen LogP contribution in [0.15, 0.2) is 18.2 Å². The second-order valence-electron chi connectivity index (χ2n) is 8.70. The predicted octanol–water partition coefficient (Wildman–Crippen LogP) is 4.07. The zero-order chi connectivity index (χ0) is 23.1. The number of amides is 1. The van der Waals surface area contributed by atoms with E-state index >= 15 is 0 Å². The van der Waals surface area contributed by atoms with E-state index in [1.165, 1.54) is 0 Å². The minimum absolute atomic E-state index is 0.0316. The van der Waals surface area contributed by atoms with Gasteiger partial charge in [-0.3, -0.25) is 9.69 Å². The van der Waals surface area contributed by atoms with Crippen molar-refractivity contribution < 1.29 is 27.1 Å². The van der Waals surface area contributed by atoms with Crippen LogP contribution in [0.2, 0.25) is 0 Å². The molecule has 1 aromatic carbocycles. The van der Waals surface area contributed by atoms with Crippen LogP contribution < -0.4 is 10.2 Å².